The van der Waals surface area contributed by atoms with E-state index in [1.165, 1.54) is 116 Å². The second-order valence-corrected chi connectivity index (χ2v) is 19.5. The average molecular weight is 671 g/mol. The zero-order valence-electron chi connectivity index (χ0n) is 33.6. The minimum atomic E-state index is -2.96. The molecule has 6 atom stereocenters. The van der Waals surface area contributed by atoms with Crippen LogP contribution in [0.2, 0.25) is 0 Å². The van der Waals surface area contributed by atoms with Crippen LogP contribution in [0.4, 0.5) is 0 Å². The SMILES string of the molecule is CCP(=O)(OCCC(C)CCCC(C)CCCC(C)CCCC(C)C)OCCC(C)CCCC(C)CCCC(C)CCCC(C)C. The zero-order valence-corrected chi connectivity index (χ0v) is 34.4. The first-order valence-electron chi connectivity index (χ1n) is 20.6. The lowest BCUT2D eigenvalue weighted by molar-refractivity contribution is 0.184. The van der Waals surface area contributed by atoms with Crippen LogP contribution in [0.5, 0.6) is 0 Å². The molecule has 3 nitrogen and oxygen atoms in total. The molecule has 0 bridgehead atoms. The van der Waals surface area contributed by atoms with Crippen molar-refractivity contribution in [2.24, 2.45) is 47.3 Å². The molecule has 0 radical (unpaired) electrons. The Bertz CT molecular complexity index is 653. The van der Waals surface area contributed by atoms with Crippen LogP contribution in [-0.4, -0.2) is 19.4 Å². The maximum absolute atomic E-state index is 13.2. The molecule has 0 N–H and O–H groups in total. The van der Waals surface area contributed by atoms with E-state index in [1.54, 1.807) is 0 Å². The molecule has 0 saturated heterocycles. The molecule has 278 valence electrons. The van der Waals surface area contributed by atoms with Crippen LogP contribution in [0.3, 0.4) is 0 Å². The highest BCUT2D eigenvalue weighted by atomic mass is 31.2. The van der Waals surface area contributed by atoms with Crippen LogP contribution in [0.1, 0.15) is 205 Å². The highest BCUT2D eigenvalue weighted by Gasteiger charge is 2.22. The Labute approximate surface area is 291 Å². The monoisotopic (exact) mass is 671 g/mol. The molecule has 46 heavy (non-hydrogen) atoms. The third-order valence-corrected chi connectivity index (χ3v) is 12.6. The van der Waals surface area contributed by atoms with Gasteiger partial charge >= 0.3 is 7.60 Å². The van der Waals surface area contributed by atoms with Crippen LogP contribution in [0.25, 0.3) is 0 Å². The average Bonchev–Trinajstić information content (AvgIpc) is 2.96. The van der Waals surface area contributed by atoms with Crippen molar-refractivity contribution in [2.75, 3.05) is 19.4 Å². The van der Waals surface area contributed by atoms with Gasteiger partial charge in [-0.1, -0.05) is 192 Å². The van der Waals surface area contributed by atoms with Gasteiger partial charge in [-0.3, -0.25) is 4.57 Å². The summed E-state index contributed by atoms with van der Waals surface area (Å²) in [5.41, 5.74) is 0. The molecule has 0 heterocycles. The van der Waals surface area contributed by atoms with E-state index < -0.39 is 7.60 Å². The van der Waals surface area contributed by atoms with Crippen molar-refractivity contribution in [3.8, 4) is 0 Å². The van der Waals surface area contributed by atoms with Crippen molar-refractivity contribution in [1.82, 2.24) is 0 Å². The lowest BCUT2D eigenvalue weighted by atomic mass is 9.91. The van der Waals surface area contributed by atoms with Gasteiger partial charge in [-0.05, 0) is 60.2 Å². The van der Waals surface area contributed by atoms with Crippen LogP contribution in [-0.2, 0) is 13.6 Å². The van der Waals surface area contributed by atoms with Gasteiger partial charge in [0.25, 0.3) is 0 Å². The molecule has 0 aliphatic carbocycles. The Morgan fingerprint density at radius 3 is 0.804 bits per heavy atom. The lowest BCUT2D eigenvalue weighted by Crippen LogP contribution is -2.07. The molecule has 4 heteroatoms. The summed E-state index contributed by atoms with van der Waals surface area (Å²) < 4.78 is 25.0. The van der Waals surface area contributed by atoms with Crippen LogP contribution >= 0.6 is 7.60 Å². The second kappa shape index (κ2) is 28.9. The molecular weight excluding hydrogens is 583 g/mol. The maximum Gasteiger partial charge on any atom is 0.330 e. The van der Waals surface area contributed by atoms with Crippen molar-refractivity contribution in [3.05, 3.63) is 0 Å². The van der Waals surface area contributed by atoms with Gasteiger partial charge in [-0.25, -0.2) is 0 Å². The van der Waals surface area contributed by atoms with E-state index in [0.717, 1.165) is 48.3 Å². The molecular formula is C42H87O3P. The minimum Gasteiger partial charge on any atom is -0.309 e. The molecule has 6 unspecified atom stereocenters. The van der Waals surface area contributed by atoms with E-state index in [0.29, 0.717) is 31.2 Å². The fourth-order valence-electron chi connectivity index (χ4n) is 6.88. The number of hydrogen-bond donors (Lipinski definition) is 0. The van der Waals surface area contributed by atoms with Gasteiger partial charge in [0.05, 0.1) is 13.2 Å². The quantitative estimate of drug-likeness (QED) is 0.0652. The molecule has 0 amide bonds. The predicted octanol–water partition coefficient (Wildman–Crippen LogP) is 15.2. The normalized spacial score (nSPS) is 17.6. The standard InChI is InChI=1S/C42H87O3P/c1-12-46(43,44-33-31-41(10)29-17-27-39(8)25-15-23-37(6)21-13-19-35(2)3)45-34-32-42(11)30-18-28-40(9)26-16-24-38(7)22-14-20-36(4)5/h35-42H,12-34H2,1-11H3. The molecule has 0 aliphatic rings. The topological polar surface area (TPSA) is 35.5 Å². The summed E-state index contributed by atoms with van der Waals surface area (Å²) >= 11 is 0. The van der Waals surface area contributed by atoms with Crippen LogP contribution in [0, 0.1) is 47.3 Å². The fourth-order valence-corrected chi connectivity index (χ4v) is 8.09. The smallest absolute Gasteiger partial charge is 0.309 e. The van der Waals surface area contributed by atoms with E-state index in [4.69, 9.17) is 9.05 Å². The number of rotatable bonds is 33. The molecule has 0 fully saturated rings. The van der Waals surface area contributed by atoms with Crippen LogP contribution in [0.15, 0.2) is 0 Å². The van der Waals surface area contributed by atoms with E-state index in [-0.39, 0.29) is 0 Å². The van der Waals surface area contributed by atoms with Crippen molar-refractivity contribution in [3.63, 3.8) is 0 Å². The fraction of sp³-hybridized carbons (Fsp3) is 1.00. The van der Waals surface area contributed by atoms with Gasteiger partial charge in [-0.2, -0.15) is 0 Å². The second-order valence-electron chi connectivity index (χ2n) is 17.2. The largest absolute Gasteiger partial charge is 0.330 e. The van der Waals surface area contributed by atoms with Gasteiger partial charge in [-0.15, -0.1) is 0 Å². The van der Waals surface area contributed by atoms with Crippen molar-refractivity contribution >= 4 is 7.60 Å². The van der Waals surface area contributed by atoms with Crippen molar-refractivity contribution in [2.45, 2.75) is 205 Å². The van der Waals surface area contributed by atoms with Gasteiger partial charge in [0.2, 0.25) is 0 Å². The van der Waals surface area contributed by atoms with E-state index in [2.05, 4.69) is 69.2 Å². The van der Waals surface area contributed by atoms with E-state index >= 15 is 0 Å². The Kier molecular flexibility index (Phi) is 29.0. The molecule has 0 aromatic carbocycles. The maximum atomic E-state index is 13.2. The van der Waals surface area contributed by atoms with E-state index in [9.17, 15) is 4.57 Å². The summed E-state index contributed by atoms with van der Waals surface area (Å²) in [5, 5.41) is 0. The van der Waals surface area contributed by atoms with E-state index in [1.807, 2.05) is 6.92 Å². The van der Waals surface area contributed by atoms with Gasteiger partial charge in [0, 0.05) is 6.16 Å². The summed E-state index contributed by atoms with van der Waals surface area (Å²) in [6.07, 6.45) is 26.8. The summed E-state index contributed by atoms with van der Waals surface area (Å²) in [6, 6.07) is 0. The Hall–Kier alpha value is 0.150. The number of hydrogen-bond acceptors (Lipinski definition) is 3. The highest BCUT2D eigenvalue weighted by molar-refractivity contribution is 7.53. The first-order valence-corrected chi connectivity index (χ1v) is 22.4. The Balaban J connectivity index is 3.94. The van der Waals surface area contributed by atoms with Gasteiger partial charge in [0.1, 0.15) is 0 Å². The lowest BCUT2D eigenvalue weighted by Gasteiger charge is -2.20. The Morgan fingerprint density at radius 1 is 0.370 bits per heavy atom. The minimum absolute atomic E-state index is 0.470. The molecule has 0 saturated carbocycles. The van der Waals surface area contributed by atoms with Crippen molar-refractivity contribution in [1.29, 1.82) is 0 Å². The summed E-state index contributed by atoms with van der Waals surface area (Å²) in [7, 11) is -2.96. The summed E-state index contributed by atoms with van der Waals surface area (Å²) in [4.78, 5) is 0. The summed E-state index contributed by atoms with van der Waals surface area (Å²) in [5.74, 6) is 6.33. The zero-order chi connectivity index (χ0) is 34.8. The third-order valence-electron chi connectivity index (χ3n) is 10.7. The molecule has 0 aliphatic heterocycles. The Morgan fingerprint density at radius 2 is 0.587 bits per heavy atom. The molecule has 0 aromatic rings. The third kappa shape index (κ3) is 29.1. The molecule has 0 rings (SSSR count). The first kappa shape index (κ1) is 46.1. The first-order chi connectivity index (χ1) is 21.8. The predicted molar refractivity (Wildman–Crippen MR) is 207 cm³/mol. The van der Waals surface area contributed by atoms with Crippen LogP contribution < -0.4 is 0 Å². The van der Waals surface area contributed by atoms with Gasteiger partial charge < -0.3 is 9.05 Å². The molecule has 0 aromatic heterocycles. The van der Waals surface area contributed by atoms with Gasteiger partial charge in [0.15, 0.2) is 0 Å². The molecule has 0 spiro atoms. The van der Waals surface area contributed by atoms with Crippen molar-refractivity contribution < 1.29 is 13.6 Å². The summed E-state index contributed by atoms with van der Waals surface area (Å²) in [6.45, 7) is 26.8. The highest BCUT2D eigenvalue weighted by Crippen LogP contribution is 2.48.